The molecule has 0 saturated carbocycles. The lowest BCUT2D eigenvalue weighted by atomic mass is 10.3. The Hall–Kier alpha value is -1.49. The molecule has 3 N–H and O–H groups in total. The molecule has 0 unspecified atom stereocenters. The molecule has 0 spiro atoms. The van der Waals surface area contributed by atoms with Crippen LogP contribution < -0.4 is 16.0 Å². The second-order valence-corrected chi connectivity index (χ2v) is 3.94. The van der Waals surface area contributed by atoms with Crippen LogP contribution in [0.1, 0.15) is 13.8 Å². The quantitative estimate of drug-likeness (QED) is 0.779. The van der Waals surface area contributed by atoms with Crippen LogP contribution in [0.3, 0.4) is 0 Å². The normalized spacial score (nSPS) is 10.1. The van der Waals surface area contributed by atoms with Crippen LogP contribution in [0.5, 0.6) is 0 Å². The lowest BCUT2D eigenvalue weighted by Crippen LogP contribution is -2.37. The number of carbonyl (C=O) groups is 1. The molecule has 1 aromatic rings. The molecule has 94 valence electrons. The van der Waals surface area contributed by atoms with Crippen molar-refractivity contribution in [1.29, 1.82) is 0 Å². The van der Waals surface area contributed by atoms with Gasteiger partial charge in [-0.2, -0.15) is 0 Å². The molecule has 1 aromatic heterocycles. The van der Waals surface area contributed by atoms with Crippen LogP contribution in [-0.4, -0.2) is 30.5 Å². The molecule has 5 nitrogen and oxygen atoms in total. The molecule has 0 radical (unpaired) electrons. The third-order valence-electron chi connectivity index (χ3n) is 2.22. The average Bonchev–Trinajstić information content (AvgIpc) is 2.24. The molecular weight excluding hydrogens is 240 g/mol. The van der Waals surface area contributed by atoms with Gasteiger partial charge in [-0.05, 0) is 19.9 Å². The zero-order chi connectivity index (χ0) is 12.8. The van der Waals surface area contributed by atoms with Crippen molar-refractivity contribution in [2.75, 3.05) is 30.3 Å². The Kier molecular flexibility index (Phi) is 5.03. The van der Waals surface area contributed by atoms with Crippen LogP contribution in [0.15, 0.2) is 12.1 Å². The van der Waals surface area contributed by atoms with Crippen molar-refractivity contribution in [3.63, 3.8) is 0 Å². The van der Waals surface area contributed by atoms with E-state index in [0.29, 0.717) is 29.7 Å². The number of nitrogen functional groups attached to an aromatic ring is 1. The molecule has 0 bridgehead atoms. The van der Waals surface area contributed by atoms with Crippen molar-refractivity contribution in [3.05, 3.63) is 17.3 Å². The Labute approximate surface area is 106 Å². The number of pyridine rings is 1. The van der Waals surface area contributed by atoms with Crippen LogP contribution >= 0.6 is 11.6 Å². The minimum atomic E-state index is -0.0466. The maximum absolute atomic E-state index is 11.5. The summed E-state index contributed by atoms with van der Waals surface area (Å²) < 4.78 is 0. The van der Waals surface area contributed by atoms with Gasteiger partial charge in [0.25, 0.3) is 0 Å². The molecule has 0 atom stereocenters. The number of nitrogens with zero attached hydrogens (tertiary/aromatic N) is 2. The number of anilines is 2. The summed E-state index contributed by atoms with van der Waals surface area (Å²) in [5.41, 5.74) is 6.23. The molecule has 0 fully saturated rings. The molecule has 0 aliphatic rings. The minimum Gasteiger partial charge on any atom is -0.399 e. The zero-order valence-electron chi connectivity index (χ0n) is 10.0. The van der Waals surface area contributed by atoms with Crippen LogP contribution in [-0.2, 0) is 4.79 Å². The van der Waals surface area contributed by atoms with E-state index >= 15 is 0 Å². The number of amides is 1. The van der Waals surface area contributed by atoms with Crippen LogP contribution in [0.25, 0.3) is 0 Å². The summed E-state index contributed by atoms with van der Waals surface area (Å²) in [6.07, 6.45) is 0. The largest absolute Gasteiger partial charge is 0.399 e. The molecule has 17 heavy (non-hydrogen) atoms. The minimum absolute atomic E-state index is 0.0466. The number of aromatic nitrogens is 1. The van der Waals surface area contributed by atoms with E-state index in [0.717, 1.165) is 0 Å². The molecule has 6 heteroatoms. The molecule has 0 aliphatic heterocycles. The first-order valence-electron chi connectivity index (χ1n) is 5.51. The van der Waals surface area contributed by atoms with Gasteiger partial charge >= 0.3 is 0 Å². The van der Waals surface area contributed by atoms with Gasteiger partial charge in [0.05, 0.1) is 6.54 Å². The van der Waals surface area contributed by atoms with Gasteiger partial charge in [0.1, 0.15) is 11.0 Å². The lowest BCUT2D eigenvalue weighted by Gasteiger charge is -2.21. The third kappa shape index (κ3) is 4.11. The average molecular weight is 257 g/mol. The van der Waals surface area contributed by atoms with E-state index in [1.807, 2.05) is 18.7 Å². The highest BCUT2D eigenvalue weighted by molar-refractivity contribution is 6.29. The lowest BCUT2D eigenvalue weighted by molar-refractivity contribution is -0.119. The smallest absolute Gasteiger partial charge is 0.239 e. The Morgan fingerprint density at radius 1 is 1.53 bits per heavy atom. The summed E-state index contributed by atoms with van der Waals surface area (Å²) >= 11 is 5.83. The van der Waals surface area contributed by atoms with Gasteiger partial charge in [0, 0.05) is 24.8 Å². The van der Waals surface area contributed by atoms with Crippen molar-refractivity contribution in [2.45, 2.75) is 13.8 Å². The first-order valence-corrected chi connectivity index (χ1v) is 5.89. The standard InChI is InChI=1S/C11H17ClN4O/c1-3-14-11(17)7-16(4-2)10-6-8(13)5-9(12)15-10/h5-6H,3-4,7H2,1-2H3,(H2,13,15)(H,14,17). The maximum Gasteiger partial charge on any atom is 0.239 e. The zero-order valence-corrected chi connectivity index (χ0v) is 10.8. The van der Waals surface area contributed by atoms with E-state index in [2.05, 4.69) is 10.3 Å². The van der Waals surface area contributed by atoms with Crippen LogP contribution in [0, 0.1) is 0 Å². The fraction of sp³-hybridized carbons (Fsp3) is 0.455. The van der Waals surface area contributed by atoms with Crippen LogP contribution in [0.4, 0.5) is 11.5 Å². The van der Waals surface area contributed by atoms with Crippen molar-refractivity contribution in [3.8, 4) is 0 Å². The predicted octanol–water partition coefficient (Wildman–Crippen LogP) is 1.28. The fourth-order valence-electron chi connectivity index (χ4n) is 1.45. The van der Waals surface area contributed by atoms with Gasteiger partial charge in [0.2, 0.25) is 5.91 Å². The molecule has 0 aliphatic carbocycles. The van der Waals surface area contributed by atoms with E-state index in [4.69, 9.17) is 17.3 Å². The van der Waals surface area contributed by atoms with E-state index in [1.54, 1.807) is 12.1 Å². The summed E-state index contributed by atoms with van der Waals surface area (Å²) in [6, 6.07) is 3.28. The molecule has 0 saturated heterocycles. The van der Waals surface area contributed by atoms with Gasteiger partial charge in [-0.1, -0.05) is 11.6 Å². The molecule has 0 aromatic carbocycles. The number of carbonyl (C=O) groups excluding carboxylic acids is 1. The summed E-state index contributed by atoms with van der Waals surface area (Å²) in [5, 5.41) is 3.06. The number of nitrogens with two attached hydrogens (primary N) is 1. The number of nitrogens with one attached hydrogen (secondary N) is 1. The molecule has 1 amide bonds. The summed E-state index contributed by atoms with van der Waals surface area (Å²) in [5.74, 6) is 0.568. The molecule has 1 heterocycles. The highest BCUT2D eigenvalue weighted by atomic mass is 35.5. The van der Waals surface area contributed by atoms with E-state index < -0.39 is 0 Å². The van der Waals surface area contributed by atoms with Gasteiger partial charge in [-0.25, -0.2) is 4.98 Å². The van der Waals surface area contributed by atoms with Crippen molar-refractivity contribution in [2.24, 2.45) is 0 Å². The number of rotatable bonds is 5. The second kappa shape index (κ2) is 6.30. The summed E-state index contributed by atoms with van der Waals surface area (Å²) in [6.45, 7) is 5.34. The Morgan fingerprint density at radius 2 is 2.24 bits per heavy atom. The number of hydrogen-bond donors (Lipinski definition) is 2. The van der Waals surface area contributed by atoms with E-state index in [1.165, 1.54) is 0 Å². The topological polar surface area (TPSA) is 71.2 Å². The summed E-state index contributed by atoms with van der Waals surface area (Å²) in [4.78, 5) is 17.5. The Morgan fingerprint density at radius 3 is 2.76 bits per heavy atom. The van der Waals surface area contributed by atoms with Gasteiger partial charge in [-0.3, -0.25) is 4.79 Å². The highest BCUT2D eigenvalue weighted by Gasteiger charge is 2.11. The predicted molar refractivity (Wildman–Crippen MR) is 70.2 cm³/mol. The molecular formula is C11H17ClN4O. The number of likely N-dealkylation sites (N-methyl/N-ethyl adjacent to an activating group) is 2. The highest BCUT2D eigenvalue weighted by Crippen LogP contribution is 2.19. The Balaban J connectivity index is 2.82. The summed E-state index contributed by atoms with van der Waals surface area (Å²) in [7, 11) is 0. The van der Waals surface area contributed by atoms with E-state index in [-0.39, 0.29) is 12.5 Å². The first kappa shape index (κ1) is 13.6. The first-order chi connectivity index (χ1) is 8.06. The monoisotopic (exact) mass is 256 g/mol. The van der Waals surface area contributed by atoms with Gasteiger partial charge in [0.15, 0.2) is 0 Å². The van der Waals surface area contributed by atoms with Crippen LogP contribution in [0.2, 0.25) is 5.15 Å². The SMILES string of the molecule is CCNC(=O)CN(CC)c1cc(N)cc(Cl)n1. The van der Waals surface area contributed by atoms with Crippen molar-refractivity contribution in [1.82, 2.24) is 10.3 Å². The van der Waals surface area contributed by atoms with Crippen molar-refractivity contribution >= 4 is 29.0 Å². The Bertz CT molecular complexity index is 377. The maximum atomic E-state index is 11.5. The van der Waals surface area contributed by atoms with E-state index in [9.17, 15) is 4.79 Å². The fourth-order valence-corrected chi connectivity index (χ4v) is 1.66. The molecule has 1 rings (SSSR count). The van der Waals surface area contributed by atoms with Gasteiger partial charge in [-0.15, -0.1) is 0 Å². The second-order valence-electron chi connectivity index (χ2n) is 3.55. The number of halogens is 1. The van der Waals surface area contributed by atoms with Crippen molar-refractivity contribution < 1.29 is 4.79 Å². The van der Waals surface area contributed by atoms with Gasteiger partial charge < -0.3 is 16.0 Å². The third-order valence-corrected chi connectivity index (χ3v) is 2.41. The number of hydrogen-bond acceptors (Lipinski definition) is 4.